The van der Waals surface area contributed by atoms with Gasteiger partial charge in [0, 0.05) is 12.1 Å². The standard InChI is InChI=1S/C16H24N4O4.ClH/c1-4-13(11-6-5-7-12(8-11)20(23)24)19-14(21)9-18-16(22)15(17)10(2)3;/h5-8,10,13,15H,4,9,17H2,1-3H3,(H,18,22)(H,19,21);1H/t13?,15-;/m0./s1. The Morgan fingerprint density at radius 1 is 1.32 bits per heavy atom. The molecular formula is C16H25ClN4O4. The number of nitrogens with one attached hydrogen (secondary N) is 2. The average Bonchev–Trinajstić information content (AvgIpc) is 2.56. The Morgan fingerprint density at radius 2 is 1.96 bits per heavy atom. The highest BCUT2D eigenvalue weighted by Gasteiger charge is 2.19. The molecule has 0 saturated heterocycles. The SMILES string of the molecule is CCC(NC(=O)CNC(=O)[C@@H](N)C(C)C)c1cccc([N+](=O)[O-])c1.Cl. The second-order valence-electron chi connectivity index (χ2n) is 5.87. The average molecular weight is 373 g/mol. The molecule has 9 heteroatoms. The third kappa shape index (κ3) is 7.06. The van der Waals surface area contributed by atoms with E-state index >= 15 is 0 Å². The maximum Gasteiger partial charge on any atom is 0.269 e. The zero-order valence-corrected chi connectivity index (χ0v) is 15.3. The minimum Gasteiger partial charge on any atom is -0.348 e. The van der Waals surface area contributed by atoms with Crippen LogP contribution in [0.3, 0.4) is 0 Å². The molecule has 0 aliphatic rings. The van der Waals surface area contributed by atoms with Crippen LogP contribution in [0.1, 0.15) is 38.8 Å². The Bertz CT molecular complexity index is 610. The molecule has 0 saturated carbocycles. The predicted octanol–water partition coefficient (Wildman–Crippen LogP) is 1.68. The molecule has 0 heterocycles. The van der Waals surface area contributed by atoms with Crippen molar-refractivity contribution < 1.29 is 14.5 Å². The van der Waals surface area contributed by atoms with E-state index in [-0.39, 0.29) is 48.4 Å². The number of hydrogen-bond acceptors (Lipinski definition) is 5. The molecule has 25 heavy (non-hydrogen) atoms. The van der Waals surface area contributed by atoms with Gasteiger partial charge in [-0.2, -0.15) is 0 Å². The number of carbonyl (C=O) groups excluding carboxylic acids is 2. The van der Waals surface area contributed by atoms with Gasteiger partial charge >= 0.3 is 0 Å². The van der Waals surface area contributed by atoms with E-state index < -0.39 is 11.0 Å². The fourth-order valence-corrected chi connectivity index (χ4v) is 2.11. The van der Waals surface area contributed by atoms with Crippen molar-refractivity contribution in [3.63, 3.8) is 0 Å². The molecule has 0 aromatic heterocycles. The van der Waals surface area contributed by atoms with Gasteiger partial charge in [0.25, 0.3) is 5.69 Å². The first-order valence-electron chi connectivity index (χ1n) is 7.83. The van der Waals surface area contributed by atoms with E-state index in [0.717, 1.165) is 0 Å². The summed E-state index contributed by atoms with van der Waals surface area (Å²) in [4.78, 5) is 34.1. The smallest absolute Gasteiger partial charge is 0.269 e. The first kappa shape index (κ1) is 22.8. The molecule has 0 spiro atoms. The molecule has 2 amide bonds. The number of nitro groups is 1. The first-order valence-corrected chi connectivity index (χ1v) is 7.83. The lowest BCUT2D eigenvalue weighted by atomic mass is 10.0. The Hall–Kier alpha value is -2.19. The molecule has 0 aliphatic heterocycles. The van der Waals surface area contributed by atoms with Gasteiger partial charge in [-0.05, 0) is 17.9 Å². The summed E-state index contributed by atoms with van der Waals surface area (Å²) in [5.41, 5.74) is 6.31. The number of nitrogens with zero attached hydrogens (tertiary/aromatic N) is 1. The van der Waals surface area contributed by atoms with Gasteiger partial charge in [-0.25, -0.2) is 0 Å². The summed E-state index contributed by atoms with van der Waals surface area (Å²) >= 11 is 0. The van der Waals surface area contributed by atoms with E-state index in [9.17, 15) is 19.7 Å². The highest BCUT2D eigenvalue weighted by molar-refractivity contribution is 5.87. The van der Waals surface area contributed by atoms with Crippen LogP contribution in [0.5, 0.6) is 0 Å². The number of nitrogens with two attached hydrogens (primary N) is 1. The zero-order valence-electron chi connectivity index (χ0n) is 14.5. The van der Waals surface area contributed by atoms with E-state index in [1.165, 1.54) is 12.1 Å². The summed E-state index contributed by atoms with van der Waals surface area (Å²) < 4.78 is 0. The van der Waals surface area contributed by atoms with Gasteiger partial charge in [0.2, 0.25) is 11.8 Å². The number of benzene rings is 1. The van der Waals surface area contributed by atoms with Gasteiger partial charge in [0.05, 0.1) is 23.6 Å². The van der Waals surface area contributed by atoms with Crippen LogP contribution in [0.25, 0.3) is 0 Å². The Balaban J connectivity index is 0.00000576. The van der Waals surface area contributed by atoms with E-state index in [1.54, 1.807) is 12.1 Å². The van der Waals surface area contributed by atoms with E-state index in [2.05, 4.69) is 10.6 Å². The summed E-state index contributed by atoms with van der Waals surface area (Å²) in [5.74, 6) is -0.789. The normalized spacial score (nSPS) is 12.7. The molecule has 0 bridgehead atoms. The van der Waals surface area contributed by atoms with E-state index in [4.69, 9.17) is 5.73 Å². The zero-order chi connectivity index (χ0) is 18.3. The fourth-order valence-electron chi connectivity index (χ4n) is 2.11. The Morgan fingerprint density at radius 3 is 2.48 bits per heavy atom. The molecule has 1 aromatic rings. The number of rotatable bonds is 8. The van der Waals surface area contributed by atoms with Crippen LogP contribution in [-0.2, 0) is 9.59 Å². The molecule has 0 radical (unpaired) electrons. The van der Waals surface area contributed by atoms with E-state index in [1.807, 2.05) is 20.8 Å². The van der Waals surface area contributed by atoms with Crippen molar-refractivity contribution in [1.29, 1.82) is 0 Å². The minimum absolute atomic E-state index is 0. The van der Waals surface area contributed by atoms with E-state index in [0.29, 0.717) is 12.0 Å². The molecule has 1 unspecified atom stereocenters. The van der Waals surface area contributed by atoms with Gasteiger partial charge < -0.3 is 16.4 Å². The monoisotopic (exact) mass is 372 g/mol. The number of non-ortho nitro benzene ring substituents is 1. The van der Waals surface area contributed by atoms with Crippen molar-refractivity contribution in [2.75, 3.05) is 6.54 Å². The quantitative estimate of drug-likeness (QED) is 0.472. The number of carbonyl (C=O) groups is 2. The number of amides is 2. The predicted molar refractivity (Wildman–Crippen MR) is 97.3 cm³/mol. The van der Waals surface area contributed by atoms with Gasteiger partial charge in [0.15, 0.2) is 0 Å². The largest absolute Gasteiger partial charge is 0.348 e. The molecule has 1 aromatic carbocycles. The van der Waals surface area contributed by atoms with Crippen molar-refractivity contribution in [2.24, 2.45) is 11.7 Å². The van der Waals surface area contributed by atoms with Gasteiger partial charge in [-0.15, -0.1) is 12.4 Å². The lowest BCUT2D eigenvalue weighted by Gasteiger charge is -2.19. The summed E-state index contributed by atoms with van der Waals surface area (Å²) in [6.45, 7) is 5.31. The molecule has 4 N–H and O–H groups in total. The summed E-state index contributed by atoms with van der Waals surface area (Å²) in [5, 5.41) is 16.1. The fraction of sp³-hybridized carbons (Fsp3) is 0.500. The van der Waals surface area contributed by atoms with Crippen molar-refractivity contribution >= 4 is 29.9 Å². The molecule has 0 fully saturated rings. The van der Waals surface area contributed by atoms with Gasteiger partial charge in [-0.3, -0.25) is 19.7 Å². The van der Waals surface area contributed by atoms with Crippen LogP contribution in [0, 0.1) is 16.0 Å². The van der Waals surface area contributed by atoms with Crippen LogP contribution in [0.4, 0.5) is 5.69 Å². The maximum absolute atomic E-state index is 12.0. The highest BCUT2D eigenvalue weighted by atomic mass is 35.5. The van der Waals surface area contributed by atoms with Gasteiger partial charge in [0.1, 0.15) is 0 Å². The Labute approximate surface area is 153 Å². The topological polar surface area (TPSA) is 127 Å². The summed E-state index contributed by atoms with van der Waals surface area (Å²) in [6.07, 6.45) is 0.562. The second kappa shape index (κ2) is 10.6. The van der Waals surface area contributed by atoms with Crippen molar-refractivity contribution in [1.82, 2.24) is 10.6 Å². The third-order valence-electron chi connectivity index (χ3n) is 3.67. The number of nitro benzene ring substituents is 1. The first-order chi connectivity index (χ1) is 11.3. The van der Waals surface area contributed by atoms with Crippen molar-refractivity contribution in [3.05, 3.63) is 39.9 Å². The van der Waals surface area contributed by atoms with Crippen LogP contribution < -0.4 is 16.4 Å². The lowest BCUT2D eigenvalue weighted by molar-refractivity contribution is -0.384. The van der Waals surface area contributed by atoms with Crippen LogP contribution in [-0.4, -0.2) is 29.3 Å². The second-order valence-corrected chi connectivity index (χ2v) is 5.87. The van der Waals surface area contributed by atoms with Crippen molar-refractivity contribution in [3.8, 4) is 0 Å². The molecule has 8 nitrogen and oxygen atoms in total. The molecular weight excluding hydrogens is 348 g/mol. The Kier molecular flexibility index (Phi) is 9.70. The lowest BCUT2D eigenvalue weighted by Crippen LogP contribution is -2.47. The molecule has 1 rings (SSSR count). The summed E-state index contributed by atoms with van der Waals surface area (Å²) in [6, 6.07) is 5.08. The third-order valence-corrected chi connectivity index (χ3v) is 3.67. The number of hydrogen-bond donors (Lipinski definition) is 3. The van der Waals surface area contributed by atoms with Crippen LogP contribution in [0.2, 0.25) is 0 Å². The molecule has 2 atom stereocenters. The van der Waals surface area contributed by atoms with Gasteiger partial charge in [-0.1, -0.05) is 32.9 Å². The number of halogens is 1. The highest BCUT2D eigenvalue weighted by Crippen LogP contribution is 2.21. The van der Waals surface area contributed by atoms with Crippen molar-refractivity contribution in [2.45, 2.75) is 39.3 Å². The summed E-state index contributed by atoms with van der Waals surface area (Å²) in [7, 11) is 0. The van der Waals surface area contributed by atoms with Crippen LogP contribution in [0.15, 0.2) is 24.3 Å². The molecule has 0 aliphatic carbocycles. The maximum atomic E-state index is 12.0. The molecule has 140 valence electrons. The van der Waals surface area contributed by atoms with Crippen LogP contribution >= 0.6 is 12.4 Å². The minimum atomic E-state index is -0.670.